The second kappa shape index (κ2) is 5.72. The SMILES string of the molecule is O=c1c2[nH]c(N3CCOCC3)nc2n(CC2CC2)c(=O)n1CC1CC1. The standard InChI is InChI=1S/C17H23N5O3/c23-15-13-14(19-16(18-13)20-5-7-25-8-6-20)21(9-11-1-2-11)17(24)22(15)10-12-3-4-12/h11-12H,1-10H2,(H,18,19). The molecule has 0 atom stereocenters. The number of rotatable bonds is 5. The van der Waals surface area contributed by atoms with E-state index < -0.39 is 0 Å². The van der Waals surface area contributed by atoms with Crippen LogP contribution in [0, 0.1) is 11.8 Å². The average molecular weight is 345 g/mol. The molecule has 8 nitrogen and oxygen atoms in total. The minimum Gasteiger partial charge on any atom is -0.378 e. The van der Waals surface area contributed by atoms with E-state index in [2.05, 4.69) is 14.9 Å². The molecule has 1 saturated heterocycles. The van der Waals surface area contributed by atoms with Crippen LogP contribution in [0.15, 0.2) is 9.59 Å². The number of anilines is 1. The van der Waals surface area contributed by atoms with E-state index in [4.69, 9.17) is 4.74 Å². The molecule has 3 heterocycles. The number of aromatic amines is 1. The Bertz CT molecular complexity index is 913. The number of hydrogen-bond donors (Lipinski definition) is 1. The van der Waals surface area contributed by atoms with Crippen LogP contribution in [0.4, 0.5) is 5.95 Å². The molecule has 3 fully saturated rings. The summed E-state index contributed by atoms with van der Waals surface area (Å²) in [6.07, 6.45) is 4.51. The van der Waals surface area contributed by atoms with E-state index in [9.17, 15) is 9.59 Å². The Labute approximate surface area is 144 Å². The van der Waals surface area contributed by atoms with Crippen molar-refractivity contribution >= 4 is 17.1 Å². The first-order chi connectivity index (χ1) is 12.2. The molecule has 2 aromatic heterocycles. The summed E-state index contributed by atoms with van der Waals surface area (Å²) in [6, 6.07) is 0. The predicted octanol–water partition coefficient (Wildman–Crippen LogP) is 0.543. The summed E-state index contributed by atoms with van der Waals surface area (Å²) in [6.45, 7) is 3.97. The normalized spacial score (nSPS) is 21.2. The van der Waals surface area contributed by atoms with Gasteiger partial charge in [-0.2, -0.15) is 4.98 Å². The van der Waals surface area contributed by atoms with Crippen molar-refractivity contribution in [3.63, 3.8) is 0 Å². The summed E-state index contributed by atoms with van der Waals surface area (Å²) in [4.78, 5) is 35.8. The van der Waals surface area contributed by atoms with Crippen LogP contribution in [0.2, 0.25) is 0 Å². The number of hydrogen-bond acceptors (Lipinski definition) is 5. The zero-order valence-corrected chi connectivity index (χ0v) is 14.2. The number of nitrogens with zero attached hydrogens (tertiary/aromatic N) is 4. The van der Waals surface area contributed by atoms with Crippen molar-refractivity contribution in [2.45, 2.75) is 38.8 Å². The number of aromatic nitrogens is 4. The molecule has 0 radical (unpaired) electrons. The van der Waals surface area contributed by atoms with Gasteiger partial charge in [-0.05, 0) is 37.5 Å². The zero-order valence-electron chi connectivity index (χ0n) is 14.2. The van der Waals surface area contributed by atoms with E-state index in [1.165, 1.54) is 4.57 Å². The summed E-state index contributed by atoms with van der Waals surface area (Å²) >= 11 is 0. The number of ether oxygens (including phenoxy) is 1. The summed E-state index contributed by atoms with van der Waals surface area (Å²) in [5, 5.41) is 0. The molecule has 25 heavy (non-hydrogen) atoms. The van der Waals surface area contributed by atoms with E-state index in [0.717, 1.165) is 38.8 Å². The minimum atomic E-state index is -0.231. The van der Waals surface area contributed by atoms with Gasteiger partial charge in [0.25, 0.3) is 5.56 Å². The van der Waals surface area contributed by atoms with Crippen molar-refractivity contribution in [2.24, 2.45) is 11.8 Å². The monoisotopic (exact) mass is 345 g/mol. The highest BCUT2D eigenvalue weighted by atomic mass is 16.5. The van der Waals surface area contributed by atoms with Gasteiger partial charge in [0, 0.05) is 26.2 Å². The smallest absolute Gasteiger partial charge is 0.332 e. The van der Waals surface area contributed by atoms with E-state index >= 15 is 0 Å². The molecule has 2 saturated carbocycles. The first-order valence-electron chi connectivity index (χ1n) is 9.27. The third-order valence-electron chi connectivity index (χ3n) is 5.43. The second-order valence-corrected chi connectivity index (χ2v) is 7.55. The van der Waals surface area contributed by atoms with Gasteiger partial charge in [0.1, 0.15) is 0 Å². The topological polar surface area (TPSA) is 85.2 Å². The summed E-state index contributed by atoms with van der Waals surface area (Å²) < 4.78 is 8.53. The van der Waals surface area contributed by atoms with Gasteiger partial charge >= 0.3 is 5.69 Å². The number of H-pyrrole nitrogens is 1. The second-order valence-electron chi connectivity index (χ2n) is 7.55. The molecular weight excluding hydrogens is 322 g/mol. The molecule has 8 heteroatoms. The van der Waals surface area contributed by atoms with E-state index in [1.54, 1.807) is 4.57 Å². The van der Waals surface area contributed by atoms with Crippen molar-refractivity contribution in [2.75, 3.05) is 31.2 Å². The predicted molar refractivity (Wildman–Crippen MR) is 93.1 cm³/mol. The fourth-order valence-electron chi connectivity index (χ4n) is 3.52. The lowest BCUT2D eigenvalue weighted by Gasteiger charge is -2.25. The van der Waals surface area contributed by atoms with Gasteiger partial charge in [0.05, 0.1) is 13.2 Å². The van der Waals surface area contributed by atoms with Crippen LogP contribution in [-0.2, 0) is 17.8 Å². The zero-order chi connectivity index (χ0) is 17.0. The van der Waals surface area contributed by atoms with Crippen molar-refractivity contribution in [1.82, 2.24) is 19.1 Å². The molecule has 1 N–H and O–H groups in total. The van der Waals surface area contributed by atoms with Crippen LogP contribution < -0.4 is 16.1 Å². The Morgan fingerprint density at radius 3 is 2.28 bits per heavy atom. The van der Waals surface area contributed by atoms with Crippen LogP contribution in [-0.4, -0.2) is 45.4 Å². The van der Waals surface area contributed by atoms with Gasteiger partial charge in [-0.1, -0.05) is 0 Å². The number of nitrogens with one attached hydrogen (secondary N) is 1. The lowest BCUT2D eigenvalue weighted by Crippen LogP contribution is -2.41. The highest BCUT2D eigenvalue weighted by Crippen LogP contribution is 2.32. The summed E-state index contributed by atoms with van der Waals surface area (Å²) in [5.74, 6) is 1.68. The molecule has 0 spiro atoms. The Hall–Kier alpha value is -2.09. The summed E-state index contributed by atoms with van der Waals surface area (Å²) in [5.41, 5.74) is 0.542. The van der Waals surface area contributed by atoms with Crippen molar-refractivity contribution in [3.05, 3.63) is 20.8 Å². The Morgan fingerprint density at radius 2 is 1.64 bits per heavy atom. The van der Waals surface area contributed by atoms with Gasteiger partial charge < -0.3 is 14.6 Å². The molecule has 134 valence electrons. The molecular formula is C17H23N5O3. The van der Waals surface area contributed by atoms with Gasteiger partial charge in [0.2, 0.25) is 5.95 Å². The average Bonchev–Trinajstić information content (AvgIpc) is 3.56. The molecule has 2 aliphatic carbocycles. The van der Waals surface area contributed by atoms with Crippen LogP contribution >= 0.6 is 0 Å². The number of fused-ring (bicyclic) bond motifs is 1. The van der Waals surface area contributed by atoms with Gasteiger partial charge in [-0.3, -0.25) is 13.9 Å². The number of imidazole rings is 1. The van der Waals surface area contributed by atoms with Gasteiger partial charge in [-0.15, -0.1) is 0 Å². The van der Waals surface area contributed by atoms with E-state index in [-0.39, 0.29) is 11.2 Å². The molecule has 5 rings (SSSR count). The van der Waals surface area contributed by atoms with Crippen LogP contribution in [0.25, 0.3) is 11.2 Å². The third-order valence-corrected chi connectivity index (χ3v) is 5.43. The molecule has 0 amide bonds. The van der Waals surface area contributed by atoms with Gasteiger partial charge in [-0.25, -0.2) is 4.79 Å². The Morgan fingerprint density at radius 1 is 1.00 bits per heavy atom. The molecule has 0 bridgehead atoms. The van der Waals surface area contributed by atoms with Crippen LogP contribution in [0.3, 0.4) is 0 Å². The first-order valence-corrected chi connectivity index (χ1v) is 9.27. The largest absolute Gasteiger partial charge is 0.378 e. The van der Waals surface area contributed by atoms with Crippen molar-refractivity contribution in [1.29, 1.82) is 0 Å². The van der Waals surface area contributed by atoms with Gasteiger partial charge in [0.15, 0.2) is 11.2 Å². The maximum Gasteiger partial charge on any atom is 0.332 e. The molecule has 1 aliphatic heterocycles. The minimum absolute atomic E-state index is 0.198. The fourth-order valence-corrected chi connectivity index (χ4v) is 3.52. The molecule has 0 aromatic carbocycles. The fraction of sp³-hybridized carbons (Fsp3) is 0.706. The molecule has 3 aliphatic rings. The molecule has 0 unspecified atom stereocenters. The highest BCUT2D eigenvalue weighted by molar-refractivity contribution is 5.73. The lowest BCUT2D eigenvalue weighted by atomic mass is 10.3. The van der Waals surface area contributed by atoms with Crippen molar-refractivity contribution < 1.29 is 4.74 Å². The molecule has 2 aromatic rings. The first kappa shape index (κ1) is 15.2. The Kier molecular flexibility index (Phi) is 3.48. The third kappa shape index (κ3) is 2.78. The van der Waals surface area contributed by atoms with Crippen LogP contribution in [0.1, 0.15) is 25.7 Å². The number of morpholine rings is 1. The maximum absolute atomic E-state index is 13.0. The van der Waals surface area contributed by atoms with Crippen molar-refractivity contribution in [3.8, 4) is 0 Å². The maximum atomic E-state index is 13.0. The summed E-state index contributed by atoms with van der Waals surface area (Å²) in [7, 11) is 0. The highest BCUT2D eigenvalue weighted by Gasteiger charge is 2.29. The lowest BCUT2D eigenvalue weighted by molar-refractivity contribution is 0.122. The van der Waals surface area contributed by atoms with Crippen LogP contribution in [0.5, 0.6) is 0 Å². The quantitative estimate of drug-likeness (QED) is 0.855. The Balaban J connectivity index is 1.65. The van der Waals surface area contributed by atoms with E-state index in [0.29, 0.717) is 55.3 Å². The van der Waals surface area contributed by atoms with E-state index in [1.807, 2.05) is 0 Å².